The van der Waals surface area contributed by atoms with Crippen molar-refractivity contribution in [1.82, 2.24) is 10.3 Å². The SMILES string of the molecule is O=C(O)COC1(c2cccnc2Br)CCC2(CCNCC2)CC1. The highest BCUT2D eigenvalue weighted by Crippen LogP contribution is 2.52. The molecule has 5 nitrogen and oxygen atoms in total. The lowest BCUT2D eigenvalue weighted by atomic mass is 9.63. The van der Waals surface area contributed by atoms with Gasteiger partial charge in [-0.15, -0.1) is 0 Å². The Kier molecular flexibility index (Phi) is 5.04. The smallest absolute Gasteiger partial charge is 0.329 e. The normalized spacial score (nSPS) is 22.8. The van der Waals surface area contributed by atoms with Crippen molar-refractivity contribution >= 4 is 21.9 Å². The largest absolute Gasteiger partial charge is 0.480 e. The van der Waals surface area contributed by atoms with E-state index in [1.807, 2.05) is 12.1 Å². The summed E-state index contributed by atoms with van der Waals surface area (Å²) in [7, 11) is 0. The lowest BCUT2D eigenvalue weighted by Gasteiger charge is -2.48. The van der Waals surface area contributed by atoms with E-state index in [1.165, 1.54) is 12.8 Å². The molecule has 2 heterocycles. The second kappa shape index (κ2) is 6.87. The van der Waals surface area contributed by atoms with Gasteiger partial charge in [0, 0.05) is 11.8 Å². The first-order valence-corrected chi connectivity index (χ1v) is 9.02. The van der Waals surface area contributed by atoms with E-state index in [1.54, 1.807) is 6.20 Å². The van der Waals surface area contributed by atoms with Gasteiger partial charge in [-0.05, 0) is 79.0 Å². The first kappa shape index (κ1) is 16.9. The molecule has 0 unspecified atom stereocenters. The number of aliphatic carboxylic acids is 1. The van der Waals surface area contributed by atoms with Crippen molar-refractivity contribution in [1.29, 1.82) is 0 Å². The Labute approximate surface area is 145 Å². The number of nitrogens with zero attached hydrogens (tertiary/aromatic N) is 1. The van der Waals surface area contributed by atoms with Crippen LogP contribution in [-0.4, -0.2) is 35.8 Å². The molecule has 0 radical (unpaired) electrons. The fourth-order valence-corrected chi connectivity index (χ4v) is 4.67. The molecule has 126 valence electrons. The molecule has 2 fully saturated rings. The highest BCUT2D eigenvalue weighted by molar-refractivity contribution is 9.10. The molecule has 1 saturated heterocycles. The van der Waals surface area contributed by atoms with Gasteiger partial charge in [0.25, 0.3) is 0 Å². The third-order valence-electron chi connectivity index (χ3n) is 5.50. The van der Waals surface area contributed by atoms with Crippen LogP contribution in [0.5, 0.6) is 0 Å². The first-order valence-electron chi connectivity index (χ1n) is 8.23. The molecule has 1 aliphatic heterocycles. The number of hydrogen-bond donors (Lipinski definition) is 2. The topological polar surface area (TPSA) is 71.5 Å². The fraction of sp³-hybridized carbons (Fsp3) is 0.647. The Morgan fingerprint density at radius 1 is 1.26 bits per heavy atom. The Balaban J connectivity index is 1.83. The summed E-state index contributed by atoms with van der Waals surface area (Å²) in [5.41, 5.74) is 0.836. The van der Waals surface area contributed by atoms with E-state index in [9.17, 15) is 4.79 Å². The van der Waals surface area contributed by atoms with E-state index in [-0.39, 0.29) is 6.61 Å². The van der Waals surface area contributed by atoms with Crippen LogP contribution in [0, 0.1) is 5.41 Å². The Morgan fingerprint density at radius 2 is 1.96 bits per heavy atom. The average molecular weight is 383 g/mol. The maximum atomic E-state index is 11.0. The Hall–Kier alpha value is -0.980. The highest BCUT2D eigenvalue weighted by Gasteiger charge is 2.45. The summed E-state index contributed by atoms with van der Waals surface area (Å²) in [6.45, 7) is 1.90. The van der Waals surface area contributed by atoms with E-state index in [4.69, 9.17) is 9.84 Å². The van der Waals surface area contributed by atoms with Gasteiger partial charge in [-0.1, -0.05) is 6.07 Å². The quantitative estimate of drug-likeness (QED) is 0.782. The molecule has 6 heteroatoms. The number of aromatic nitrogens is 1. The zero-order valence-corrected chi connectivity index (χ0v) is 14.8. The molecule has 1 spiro atoms. The molecule has 1 aromatic rings. The van der Waals surface area contributed by atoms with Crippen LogP contribution >= 0.6 is 15.9 Å². The summed E-state index contributed by atoms with van der Waals surface area (Å²) in [6.07, 6.45) is 8.00. The second-order valence-electron chi connectivity index (χ2n) is 6.77. The number of pyridine rings is 1. The number of nitrogens with one attached hydrogen (secondary N) is 1. The number of carboxylic acid groups (broad SMARTS) is 1. The van der Waals surface area contributed by atoms with Gasteiger partial charge in [0.15, 0.2) is 0 Å². The summed E-state index contributed by atoms with van der Waals surface area (Å²) in [6, 6.07) is 3.89. The van der Waals surface area contributed by atoms with E-state index in [0.717, 1.165) is 48.9 Å². The predicted molar refractivity (Wildman–Crippen MR) is 90.2 cm³/mol. The molecule has 0 atom stereocenters. The van der Waals surface area contributed by atoms with Crippen LogP contribution in [0.1, 0.15) is 44.1 Å². The Bertz CT molecular complexity index is 563. The van der Waals surface area contributed by atoms with Crippen molar-refractivity contribution in [3.63, 3.8) is 0 Å². The van der Waals surface area contributed by atoms with Gasteiger partial charge in [0.05, 0.1) is 5.60 Å². The number of rotatable bonds is 4. The molecule has 1 saturated carbocycles. The minimum atomic E-state index is -0.924. The van der Waals surface area contributed by atoms with Gasteiger partial charge in [0.2, 0.25) is 0 Å². The minimum absolute atomic E-state index is 0.268. The molecular weight excluding hydrogens is 360 g/mol. The standard InChI is InChI=1S/C17H23BrN2O3/c18-15-13(2-1-9-20-15)17(23-12-14(21)22)5-3-16(4-6-17)7-10-19-11-8-16/h1-2,9,19H,3-8,10-12H2,(H,21,22). The number of halogens is 1. The maximum absolute atomic E-state index is 11.0. The van der Waals surface area contributed by atoms with Crippen LogP contribution in [0.2, 0.25) is 0 Å². The van der Waals surface area contributed by atoms with Crippen LogP contribution < -0.4 is 5.32 Å². The monoisotopic (exact) mass is 382 g/mol. The molecule has 1 aromatic heterocycles. The highest BCUT2D eigenvalue weighted by atomic mass is 79.9. The van der Waals surface area contributed by atoms with Gasteiger partial charge >= 0.3 is 5.97 Å². The number of piperidine rings is 1. The summed E-state index contributed by atoms with van der Waals surface area (Å²) in [4.78, 5) is 15.3. The molecular formula is C17H23BrN2O3. The average Bonchev–Trinajstić information content (AvgIpc) is 2.56. The van der Waals surface area contributed by atoms with Gasteiger partial charge in [-0.25, -0.2) is 9.78 Å². The molecule has 2 aliphatic rings. The van der Waals surface area contributed by atoms with Crippen molar-refractivity contribution in [2.45, 2.75) is 44.1 Å². The lowest BCUT2D eigenvalue weighted by Crippen LogP contribution is -2.45. The number of ether oxygens (including phenoxy) is 1. The van der Waals surface area contributed by atoms with Crippen molar-refractivity contribution in [3.05, 3.63) is 28.5 Å². The van der Waals surface area contributed by atoms with Crippen LogP contribution in [0.4, 0.5) is 0 Å². The predicted octanol–water partition coefficient (Wildman–Crippen LogP) is 3.08. The van der Waals surface area contributed by atoms with Gasteiger partial charge < -0.3 is 15.2 Å². The third kappa shape index (κ3) is 3.59. The maximum Gasteiger partial charge on any atom is 0.329 e. The van der Waals surface area contributed by atoms with Gasteiger partial charge in [0.1, 0.15) is 11.2 Å². The minimum Gasteiger partial charge on any atom is -0.480 e. The molecule has 23 heavy (non-hydrogen) atoms. The molecule has 0 amide bonds. The van der Waals surface area contributed by atoms with E-state index in [0.29, 0.717) is 5.41 Å². The van der Waals surface area contributed by atoms with Crippen LogP contribution in [0.15, 0.2) is 22.9 Å². The third-order valence-corrected chi connectivity index (χ3v) is 6.14. The fourth-order valence-electron chi connectivity index (χ4n) is 4.06. The zero-order valence-electron chi connectivity index (χ0n) is 13.2. The summed E-state index contributed by atoms with van der Waals surface area (Å²) in [5.74, 6) is -0.924. The molecule has 0 aromatic carbocycles. The van der Waals surface area contributed by atoms with Gasteiger partial charge in [-0.3, -0.25) is 0 Å². The van der Waals surface area contributed by atoms with Crippen LogP contribution in [0.25, 0.3) is 0 Å². The lowest BCUT2D eigenvalue weighted by molar-refractivity contribution is -0.157. The van der Waals surface area contributed by atoms with Crippen LogP contribution in [-0.2, 0) is 15.1 Å². The van der Waals surface area contributed by atoms with Crippen molar-refractivity contribution in [2.24, 2.45) is 5.41 Å². The summed E-state index contributed by atoms with van der Waals surface area (Å²) >= 11 is 3.51. The zero-order chi connectivity index (χ0) is 16.3. The van der Waals surface area contributed by atoms with Crippen molar-refractivity contribution in [2.75, 3.05) is 19.7 Å². The Morgan fingerprint density at radius 3 is 2.57 bits per heavy atom. The van der Waals surface area contributed by atoms with Crippen molar-refractivity contribution in [3.8, 4) is 0 Å². The summed E-state index contributed by atoms with van der Waals surface area (Å²) < 4.78 is 6.70. The molecule has 2 N–H and O–H groups in total. The molecule has 1 aliphatic carbocycles. The second-order valence-corrected chi connectivity index (χ2v) is 7.52. The number of carboxylic acids is 1. The first-order chi connectivity index (χ1) is 11.1. The number of hydrogen-bond acceptors (Lipinski definition) is 4. The number of carbonyl (C=O) groups is 1. The van der Waals surface area contributed by atoms with Crippen molar-refractivity contribution < 1.29 is 14.6 Å². The summed E-state index contributed by atoms with van der Waals surface area (Å²) in [5, 5.41) is 12.5. The van der Waals surface area contributed by atoms with E-state index >= 15 is 0 Å². The van der Waals surface area contributed by atoms with E-state index in [2.05, 4.69) is 26.2 Å². The van der Waals surface area contributed by atoms with Crippen LogP contribution in [0.3, 0.4) is 0 Å². The van der Waals surface area contributed by atoms with E-state index < -0.39 is 11.6 Å². The molecule has 0 bridgehead atoms. The van der Waals surface area contributed by atoms with Gasteiger partial charge in [-0.2, -0.15) is 0 Å². The molecule has 3 rings (SSSR count).